The number of ketones is 1. The second kappa shape index (κ2) is 5.53. The van der Waals surface area contributed by atoms with Gasteiger partial charge in [-0.25, -0.2) is 0 Å². The maximum atomic E-state index is 12.3. The van der Waals surface area contributed by atoms with E-state index in [1.54, 1.807) is 12.1 Å². The summed E-state index contributed by atoms with van der Waals surface area (Å²) in [7, 11) is 0. The Labute approximate surface area is 108 Å². The van der Waals surface area contributed by atoms with Gasteiger partial charge in [-0.3, -0.25) is 4.79 Å². The van der Waals surface area contributed by atoms with Gasteiger partial charge in [0.2, 0.25) is 0 Å². The molecule has 3 heteroatoms. The van der Waals surface area contributed by atoms with Crippen molar-refractivity contribution >= 4 is 5.78 Å². The number of piperidine rings is 1. The number of carbonyl (C=O) groups is 1. The van der Waals surface area contributed by atoms with Gasteiger partial charge in [0.25, 0.3) is 0 Å². The number of hydrogen-bond donors (Lipinski definition) is 2. The Morgan fingerprint density at radius 2 is 2.11 bits per heavy atom. The van der Waals surface area contributed by atoms with Crippen LogP contribution in [0.25, 0.3) is 0 Å². The molecular weight excluding hydrogens is 226 g/mol. The second-order valence-electron chi connectivity index (χ2n) is 5.15. The molecule has 1 fully saturated rings. The fourth-order valence-corrected chi connectivity index (χ4v) is 2.89. The monoisotopic (exact) mass is 247 g/mol. The van der Waals surface area contributed by atoms with Crippen LogP contribution in [-0.2, 0) is 11.2 Å². The Morgan fingerprint density at radius 1 is 1.39 bits per heavy atom. The summed E-state index contributed by atoms with van der Waals surface area (Å²) in [6.45, 7) is 3.75. The number of benzene rings is 1. The van der Waals surface area contributed by atoms with Crippen LogP contribution in [0.5, 0.6) is 5.75 Å². The van der Waals surface area contributed by atoms with Gasteiger partial charge in [-0.1, -0.05) is 19.1 Å². The average Bonchev–Trinajstić information content (AvgIpc) is 2.39. The van der Waals surface area contributed by atoms with Crippen molar-refractivity contribution in [3.8, 4) is 5.75 Å². The highest BCUT2D eigenvalue weighted by atomic mass is 16.3. The molecule has 2 rings (SSSR count). The fourth-order valence-electron chi connectivity index (χ4n) is 2.89. The van der Waals surface area contributed by atoms with E-state index in [2.05, 4.69) is 5.32 Å². The molecule has 0 spiro atoms. The molecule has 0 aromatic heterocycles. The maximum absolute atomic E-state index is 12.3. The molecule has 1 heterocycles. The van der Waals surface area contributed by atoms with E-state index in [1.807, 2.05) is 19.1 Å². The molecular formula is C15H21NO2. The van der Waals surface area contributed by atoms with Crippen molar-refractivity contribution in [1.29, 1.82) is 0 Å². The quantitative estimate of drug-likeness (QED) is 0.858. The van der Waals surface area contributed by atoms with E-state index in [0.29, 0.717) is 12.2 Å². The zero-order valence-corrected chi connectivity index (χ0v) is 10.9. The average molecular weight is 247 g/mol. The Morgan fingerprint density at radius 3 is 2.72 bits per heavy atom. The van der Waals surface area contributed by atoms with Crippen LogP contribution in [0.4, 0.5) is 0 Å². The van der Waals surface area contributed by atoms with Crippen molar-refractivity contribution < 1.29 is 9.90 Å². The summed E-state index contributed by atoms with van der Waals surface area (Å²) >= 11 is 0. The van der Waals surface area contributed by atoms with Gasteiger partial charge in [0, 0.05) is 11.8 Å². The summed E-state index contributed by atoms with van der Waals surface area (Å²) < 4.78 is 0. The van der Waals surface area contributed by atoms with Crippen LogP contribution in [0.2, 0.25) is 0 Å². The SMILES string of the molecule is CCC(=O)C1(Cc2cccc(O)c2)CCNCC1. The van der Waals surface area contributed by atoms with Gasteiger partial charge in [-0.2, -0.15) is 0 Å². The first-order chi connectivity index (χ1) is 8.66. The summed E-state index contributed by atoms with van der Waals surface area (Å²) in [6, 6.07) is 7.27. The molecule has 0 aliphatic carbocycles. The third-order valence-electron chi connectivity index (χ3n) is 3.93. The lowest BCUT2D eigenvalue weighted by atomic mass is 9.70. The third kappa shape index (κ3) is 2.72. The van der Waals surface area contributed by atoms with E-state index in [4.69, 9.17) is 0 Å². The van der Waals surface area contributed by atoms with Crippen molar-refractivity contribution in [1.82, 2.24) is 5.32 Å². The van der Waals surface area contributed by atoms with Gasteiger partial charge in [-0.15, -0.1) is 0 Å². The third-order valence-corrected chi connectivity index (χ3v) is 3.93. The van der Waals surface area contributed by atoms with E-state index in [0.717, 1.165) is 37.9 Å². The Kier molecular flexibility index (Phi) is 4.02. The number of carbonyl (C=O) groups excluding carboxylic acids is 1. The van der Waals surface area contributed by atoms with Crippen molar-refractivity contribution in [2.75, 3.05) is 13.1 Å². The number of Topliss-reactive ketones (excluding diaryl/α,β-unsaturated/α-hetero) is 1. The highest BCUT2D eigenvalue weighted by molar-refractivity contribution is 5.85. The lowest BCUT2D eigenvalue weighted by molar-refractivity contribution is -0.130. The highest BCUT2D eigenvalue weighted by Crippen LogP contribution is 2.35. The smallest absolute Gasteiger partial charge is 0.139 e. The molecule has 1 aliphatic rings. The Balaban J connectivity index is 2.22. The first-order valence-electron chi connectivity index (χ1n) is 6.68. The van der Waals surface area contributed by atoms with Crippen LogP contribution in [0.15, 0.2) is 24.3 Å². The largest absolute Gasteiger partial charge is 0.508 e. The minimum absolute atomic E-state index is 0.228. The van der Waals surface area contributed by atoms with E-state index in [-0.39, 0.29) is 11.2 Å². The molecule has 0 bridgehead atoms. The molecule has 0 radical (unpaired) electrons. The van der Waals surface area contributed by atoms with Gasteiger partial charge in [0.15, 0.2) is 0 Å². The van der Waals surface area contributed by atoms with Crippen LogP contribution >= 0.6 is 0 Å². The number of phenolic OH excluding ortho intramolecular Hbond substituents is 1. The topological polar surface area (TPSA) is 49.3 Å². The molecule has 0 saturated carbocycles. The van der Waals surface area contributed by atoms with Crippen molar-refractivity contribution in [2.24, 2.45) is 5.41 Å². The molecule has 98 valence electrons. The summed E-state index contributed by atoms with van der Waals surface area (Å²) in [6.07, 6.45) is 3.14. The predicted molar refractivity (Wildman–Crippen MR) is 71.6 cm³/mol. The molecule has 2 N–H and O–H groups in total. The van der Waals surface area contributed by atoms with Crippen LogP contribution < -0.4 is 5.32 Å². The molecule has 3 nitrogen and oxygen atoms in total. The molecule has 1 saturated heterocycles. The summed E-state index contributed by atoms with van der Waals surface area (Å²) in [4.78, 5) is 12.3. The number of phenols is 1. The van der Waals surface area contributed by atoms with Gasteiger partial charge in [0.05, 0.1) is 0 Å². The first-order valence-corrected chi connectivity index (χ1v) is 6.68. The molecule has 1 aliphatic heterocycles. The van der Waals surface area contributed by atoms with E-state index >= 15 is 0 Å². The summed E-state index contributed by atoms with van der Waals surface area (Å²) in [5, 5.41) is 12.8. The number of hydrogen-bond acceptors (Lipinski definition) is 3. The van der Waals surface area contributed by atoms with Crippen molar-refractivity contribution in [3.63, 3.8) is 0 Å². The fraction of sp³-hybridized carbons (Fsp3) is 0.533. The second-order valence-corrected chi connectivity index (χ2v) is 5.15. The minimum atomic E-state index is -0.228. The first kappa shape index (κ1) is 13.1. The van der Waals surface area contributed by atoms with Crippen LogP contribution in [-0.4, -0.2) is 24.0 Å². The molecule has 0 atom stereocenters. The molecule has 18 heavy (non-hydrogen) atoms. The number of rotatable bonds is 4. The lowest BCUT2D eigenvalue weighted by Crippen LogP contribution is -2.43. The zero-order chi connectivity index (χ0) is 13.0. The highest BCUT2D eigenvalue weighted by Gasteiger charge is 2.37. The minimum Gasteiger partial charge on any atom is -0.508 e. The van der Waals surface area contributed by atoms with Gasteiger partial charge in [-0.05, 0) is 50.0 Å². The van der Waals surface area contributed by atoms with Gasteiger partial charge >= 0.3 is 0 Å². The van der Waals surface area contributed by atoms with E-state index in [9.17, 15) is 9.90 Å². The van der Waals surface area contributed by atoms with Gasteiger partial charge < -0.3 is 10.4 Å². The normalized spacial score (nSPS) is 18.5. The number of aromatic hydroxyl groups is 1. The lowest BCUT2D eigenvalue weighted by Gasteiger charge is -2.36. The maximum Gasteiger partial charge on any atom is 0.139 e. The molecule has 0 amide bonds. The molecule has 1 aromatic carbocycles. The molecule has 0 unspecified atom stereocenters. The van der Waals surface area contributed by atoms with E-state index in [1.165, 1.54) is 0 Å². The van der Waals surface area contributed by atoms with Crippen LogP contribution in [0.1, 0.15) is 31.7 Å². The van der Waals surface area contributed by atoms with Crippen molar-refractivity contribution in [2.45, 2.75) is 32.6 Å². The van der Waals surface area contributed by atoms with E-state index < -0.39 is 0 Å². The number of nitrogens with one attached hydrogen (secondary N) is 1. The molecule has 1 aromatic rings. The predicted octanol–water partition coefficient (Wildman–Crippen LogP) is 2.28. The summed E-state index contributed by atoms with van der Waals surface area (Å²) in [5.41, 5.74) is 0.826. The Bertz CT molecular complexity index is 422. The van der Waals surface area contributed by atoms with Crippen LogP contribution in [0.3, 0.4) is 0 Å². The summed E-state index contributed by atoms with van der Waals surface area (Å²) in [5.74, 6) is 0.632. The zero-order valence-electron chi connectivity index (χ0n) is 10.9. The van der Waals surface area contributed by atoms with Crippen LogP contribution in [0, 0.1) is 5.41 Å². The van der Waals surface area contributed by atoms with Gasteiger partial charge in [0.1, 0.15) is 11.5 Å². The van der Waals surface area contributed by atoms with Crippen molar-refractivity contribution in [3.05, 3.63) is 29.8 Å². The standard InChI is InChI=1S/C15H21NO2/c1-2-14(18)15(6-8-16-9-7-15)11-12-4-3-5-13(17)10-12/h3-5,10,16-17H,2,6-9,11H2,1H3. The Hall–Kier alpha value is -1.35.